The molecule has 0 bridgehead atoms. The molecule has 96 valence electrons. The Kier molecular flexibility index (Phi) is 4.78. The van der Waals surface area contributed by atoms with E-state index in [9.17, 15) is 0 Å². The van der Waals surface area contributed by atoms with Crippen molar-refractivity contribution in [2.45, 2.75) is 13.0 Å². The topological polar surface area (TPSA) is 39.1 Å². The van der Waals surface area contributed by atoms with Crippen LogP contribution in [-0.4, -0.2) is 30.0 Å². The maximum absolute atomic E-state index is 5.12. The van der Waals surface area contributed by atoms with Crippen LogP contribution < -0.4 is 5.32 Å². The number of nitrogens with one attached hydrogen (secondary N) is 1. The SMILES string of the molecule is COCCc1ccccc1NCCn1cccn1. The Hall–Kier alpha value is -1.81. The zero-order chi connectivity index (χ0) is 12.6. The van der Waals surface area contributed by atoms with Gasteiger partial charge in [-0.1, -0.05) is 18.2 Å². The van der Waals surface area contributed by atoms with Crippen LogP contribution in [0.1, 0.15) is 5.56 Å². The zero-order valence-electron chi connectivity index (χ0n) is 10.7. The van der Waals surface area contributed by atoms with Gasteiger partial charge in [0.05, 0.1) is 13.2 Å². The highest BCUT2D eigenvalue weighted by molar-refractivity contribution is 5.51. The van der Waals surface area contributed by atoms with E-state index in [1.54, 1.807) is 13.3 Å². The molecule has 0 aliphatic carbocycles. The minimum absolute atomic E-state index is 0.748. The van der Waals surface area contributed by atoms with Gasteiger partial charge in [0.25, 0.3) is 0 Å². The minimum atomic E-state index is 0.748. The molecule has 0 aliphatic heterocycles. The van der Waals surface area contributed by atoms with E-state index < -0.39 is 0 Å². The fourth-order valence-electron chi connectivity index (χ4n) is 1.86. The van der Waals surface area contributed by atoms with E-state index in [4.69, 9.17) is 4.74 Å². The number of rotatable bonds is 7. The van der Waals surface area contributed by atoms with E-state index in [0.717, 1.165) is 26.1 Å². The van der Waals surface area contributed by atoms with Crippen LogP contribution in [0.15, 0.2) is 42.7 Å². The first-order valence-corrected chi connectivity index (χ1v) is 6.18. The van der Waals surface area contributed by atoms with Crippen LogP contribution in [-0.2, 0) is 17.7 Å². The van der Waals surface area contributed by atoms with Crippen LogP contribution in [0, 0.1) is 0 Å². The van der Waals surface area contributed by atoms with E-state index in [1.807, 2.05) is 23.0 Å². The van der Waals surface area contributed by atoms with Crippen LogP contribution in [0.3, 0.4) is 0 Å². The van der Waals surface area contributed by atoms with Gasteiger partial charge in [-0.2, -0.15) is 5.10 Å². The lowest BCUT2D eigenvalue weighted by Crippen LogP contribution is -2.12. The van der Waals surface area contributed by atoms with Crippen LogP contribution >= 0.6 is 0 Å². The predicted octanol–water partition coefficient (Wildman–Crippen LogP) is 2.18. The molecule has 0 unspecified atom stereocenters. The second kappa shape index (κ2) is 6.81. The van der Waals surface area contributed by atoms with E-state index in [2.05, 4.69) is 28.6 Å². The summed E-state index contributed by atoms with van der Waals surface area (Å²) >= 11 is 0. The first kappa shape index (κ1) is 12.6. The highest BCUT2D eigenvalue weighted by Crippen LogP contribution is 2.15. The molecule has 0 amide bonds. The summed E-state index contributed by atoms with van der Waals surface area (Å²) < 4.78 is 7.04. The van der Waals surface area contributed by atoms with Gasteiger partial charge in [0.15, 0.2) is 0 Å². The number of hydrogen-bond donors (Lipinski definition) is 1. The van der Waals surface area contributed by atoms with Crippen LogP contribution in [0.2, 0.25) is 0 Å². The molecule has 1 heterocycles. The summed E-state index contributed by atoms with van der Waals surface area (Å²) in [7, 11) is 1.73. The minimum Gasteiger partial charge on any atom is -0.384 e. The summed E-state index contributed by atoms with van der Waals surface area (Å²) in [6, 6.07) is 10.3. The van der Waals surface area contributed by atoms with Crippen molar-refractivity contribution in [1.29, 1.82) is 0 Å². The summed E-state index contributed by atoms with van der Waals surface area (Å²) in [5.74, 6) is 0. The van der Waals surface area contributed by atoms with Gasteiger partial charge >= 0.3 is 0 Å². The van der Waals surface area contributed by atoms with Gasteiger partial charge in [-0.05, 0) is 24.1 Å². The quantitative estimate of drug-likeness (QED) is 0.812. The summed E-state index contributed by atoms with van der Waals surface area (Å²) in [6.45, 7) is 2.48. The third-order valence-electron chi connectivity index (χ3n) is 2.81. The van der Waals surface area contributed by atoms with Gasteiger partial charge < -0.3 is 10.1 Å². The number of methoxy groups -OCH3 is 1. The average Bonchev–Trinajstić information content (AvgIpc) is 2.91. The normalized spacial score (nSPS) is 10.5. The van der Waals surface area contributed by atoms with Gasteiger partial charge in [-0.15, -0.1) is 0 Å². The molecule has 0 fully saturated rings. The Morgan fingerprint density at radius 1 is 1.28 bits per heavy atom. The number of para-hydroxylation sites is 1. The number of aromatic nitrogens is 2. The predicted molar refractivity (Wildman–Crippen MR) is 72.7 cm³/mol. The zero-order valence-corrected chi connectivity index (χ0v) is 10.7. The van der Waals surface area contributed by atoms with Gasteiger partial charge in [0.2, 0.25) is 0 Å². The third-order valence-corrected chi connectivity index (χ3v) is 2.81. The highest BCUT2D eigenvalue weighted by Gasteiger charge is 2.00. The first-order valence-electron chi connectivity index (χ1n) is 6.18. The van der Waals surface area contributed by atoms with Crippen molar-refractivity contribution < 1.29 is 4.74 Å². The first-order chi connectivity index (χ1) is 8.90. The Balaban J connectivity index is 1.87. The molecule has 0 saturated heterocycles. The van der Waals surface area contributed by atoms with Crippen molar-refractivity contribution >= 4 is 5.69 Å². The number of anilines is 1. The standard InChI is InChI=1S/C14H19N3O/c1-18-12-7-13-5-2-3-6-14(13)15-9-11-17-10-4-8-16-17/h2-6,8,10,15H,7,9,11-12H2,1H3. The molecule has 0 saturated carbocycles. The van der Waals surface area contributed by atoms with Crippen LogP contribution in [0.5, 0.6) is 0 Å². The fraction of sp³-hybridized carbons (Fsp3) is 0.357. The second-order valence-corrected chi connectivity index (χ2v) is 4.10. The molecule has 0 spiro atoms. The van der Waals surface area contributed by atoms with Crippen molar-refractivity contribution in [1.82, 2.24) is 9.78 Å². The van der Waals surface area contributed by atoms with Crippen molar-refractivity contribution in [3.63, 3.8) is 0 Å². The molecule has 2 aromatic rings. The summed E-state index contributed by atoms with van der Waals surface area (Å²) in [5, 5.41) is 7.62. The summed E-state index contributed by atoms with van der Waals surface area (Å²) in [6.07, 6.45) is 4.70. The summed E-state index contributed by atoms with van der Waals surface area (Å²) in [5.41, 5.74) is 2.47. The maximum Gasteiger partial charge on any atom is 0.0582 e. The molecule has 18 heavy (non-hydrogen) atoms. The maximum atomic E-state index is 5.12. The number of hydrogen-bond acceptors (Lipinski definition) is 3. The van der Waals surface area contributed by atoms with Gasteiger partial charge in [-0.25, -0.2) is 0 Å². The van der Waals surface area contributed by atoms with Gasteiger partial charge in [0, 0.05) is 31.7 Å². The molecule has 1 aromatic heterocycles. The second-order valence-electron chi connectivity index (χ2n) is 4.10. The van der Waals surface area contributed by atoms with Gasteiger partial charge in [0.1, 0.15) is 0 Å². The van der Waals surface area contributed by atoms with Crippen molar-refractivity contribution in [2.24, 2.45) is 0 Å². The molecule has 0 radical (unpaired) electrons. The highest BCUT2D eigenvalue weighted by atomic mass is 16.5. The molecule has 0 atom stereocenters. The number of ether oxygens (including phenoxy) is 1. The third kappa shape index (κ3) is 3.60. The Morgan fingerprint density at radius 2 is 2.17 bits per heavy atom. The number of nitrogens with zero attached hydrogens (tertiary/aromatic N) is 2. The van der Waals surface area contributed by atoms with Crippen molar-refractivity contribution in [3.05, 3.63) is 48.3 Å². The lowest BCUT2D eigenvalue weighted by molar-refractivity contribution is 0.202. The van der Waals surface area contributed by atoms with Crippen molar-refractivity contribution in [2.75, 3.05) is 25.6 Å². The van der Waals surface area contributed by atoms with E-state index in [0.29, 0.717) is 0 Å². The average molecular weight is 245 g/mol. The molecular formula is C14H19N3O. The Morgan fingerprint density at radius 3 is 2.94 bits per heavy atom. The smallest absolute Gasteiger partial charge is 0.0582 e. The van der Waals surface area contributed by atoms with E-state index >= 15 is 0 Å². The van der Waals surface area contributed by atoms with E-state index in [1.165, 1.54) is 11.3 Å². The van der Waals surface area contributed by atoms with Gasteiger partial charge in [-0.3, -0.25) is 4.68 Å². The Bertz CT molecular complexity index is 454. The van der Waals surface area contributed by atoms with E-state index in [-0.39, 0.29) is 0 Å². The van der Waals surface area contributed by atoms with Crippen molar-refractivity contribution in [3.8, 4) is 0 Å². The molecular weight excluding hydrogens is 226 g/mol. The lowest BCUT2D eigenvalue weighted by atomic mass is 10.1. The fourth-order valence-corrected chi connectivity index (χ4v) is 1.86. The largest absolute Gasteiger partial charge is 0.384 e. The molecule has 1 N–H and O–H groups in total. The van der Waals surface area contributed by atoms with Crippen LogP contribution in [0.25, 0.3) is 0 Å². The molecule has 1 aromatic carbocycles. The summed E-state index contributed by atoms with van der Waals surface area (Å²) in [4.78, 5) is 0. The molecule has 0 aliphatic rings. The molecule has 2 rings (SSSR count). The molecule has 4 heteroatoms. The lowest BCUT2D eigenvalue weighted by Gasteiger charge is -2.11. The monoisotopic (exact) mass is 245 g/mol. The number of benzene rings is 1. The molecule has 4 nitrogen and oxygen atoms in total. The Labute approximate surface area is 108 Å². The van der Waals surface area contributed by atoms with Crippen LogP contribution in [0.4, 0.5) is 5.69 Å².